The normalized spacial score (nSPS) is 12.3. The third-order valence-electron chi connectivity index (χ3n) is 4.42. The van der Waals surface area contributed by atoms with Gasteiger partial charge in [0.2, 0.25) is 0 Å². The molecule has 1 N–H and O–H groups in total. The fourth-order valence-electron chi connectivity index (χ4n) is 2.97. The fraction of sp³-hybridized carbons (Fsp3) is 0.300. The molecule has 1 atom stereocenters. The molecule has 1 unspecified atom stereocenters. The monoisotopic (exact) mass is 352 g/mol. The lowest BCUT2D eigenvalue weighted by Gasteiger charge is -2.25. The summed E-state index contributed by atoms with van der Waals surface area (Å²) in [5.74, 6) is 0.715. The molecule has 0 aliphatic rings. The SMILES string of the molecule is COc1ccc(C(CNC(=O)c2ccn3cc(C)nc3c2)N(C)C)cc1. The quantitative estimate of drug-likeness (QED) is 0.741. The summed E-state index contributed by atoms with van der Waals surface area (Å²) in [7, 11) is 5.65. The maximum Gasteiger partial charge on any atom is 0.251 e. The Morgan fingerprint density at radius 3 is 2.65 bits per heavy atom. The van der Waals surface area contributed by atoms with Gasteiger partial charge in [0, 0.05) is 24.5 Å². The number of ether oxygens (including phenoxy) is 1. The smallest absolute Gasteiger partial charge is 0.251 e. The lowest BCUT2D eigenvalue weighted by molar-refractivity contribution is 0.0942. The van der Waals surface area contributed by atoms with Crippen LogP contribution < -0.4 is 10.1 Å². The maximum atomic E-state index is 12.6. The van der Waals surface area contributed by atoms with Crippen molar-refractivity contribution in [3.8, 4) is 5.75 Å². The molecule has 0 fully saturated rings. The number of nitrogens with zero attached hydrogens (tertiary/aromatic N) is 3. The number of likely N-dealkylation sites (N-methyl/N-ethyl adjacent to an activating group) is 1. The zero-order valence-electron chi connectivity index (χ0n) is 15.6. The topological polar surface area (TPSA) is 58.9 Å². The largest absolute Gasteiger partial charge is 0.497 e. The molecule has 3 rings (SSSR count). The van der Waals surface area contributed by atoms with Crippen molar-refractivity contribution < 1.29 is 9.53 Å². The van der Waals surface area contributed by atoms with Crippen molar-refractivity contribution in [2.24, 2.45) is 0 Å². The van der Waals surface area contributed by atoms with Gasteiger partial charge in [0.25, 0.3) is 5.91 Å². The van der Waals surface area contributed by atoms with Crippen LogP contribution in [-0.2, 0) is 0 Å². The zero-order valence-corrected chi connectivity index (χ0v) is 15.6. The first-order valence-corrected chi connectivity index (χ1v) is 8.52. The van der Waals surface area contributed by atoms with Crippen LogP contribution in [0.15, 0.2) is 48.8 Å². The molecule has 0 spiro atoms. The number of aromatic nitrogens is 2. The summed E-state index contributed by atoms with van der Waals surface area (Å²) >= 11 is 0. The van der Waals surface area contributed by atoms with Crippen LogP contribution in [0.25, 0.3) is 5.65 Å². The molecule has 0 saturated carbocycles. The number of fused-ring (bicyclic) bond motifs is 1. The molecule has 0 radical (unpaired) electrons. The van der Waals surface area contributed by atoms with Gasteiger partial charge in [-0.2, -0.15) is 0 Å². The van der Waals surface area contributed by atoms with E-state index in [4.69, 9.17) is 4.74 Å². The number of benzene rings is 1. The molecule has 1 amide bonds. The zero-order chi connectivity index (χ0) is 18.7. The van der Waals surface area contributed by atoms with Crippen LogP contribution in [0.1, 0.15) is 27.7 Å². The van der Waals surface area contributed by atoms with Gasteiger partial charge in [0.05, 0.1) is 18.8 Å². The van der Waals surface area contributed by atoms with Crippen LogP contribution in [0.5, 0.6) is 5.75 Å². The number of hydrogen-bond acceptors (Lipinski definition) is 4. The maximum absolute atomic E-state index is 12.6. The first kappa shape index (κ1) is 17.9. The molecule has 0 bridgehead atoms. The average molecular weight is 352 g/mol. The molecule has 3 aromatic rings. The van der Waals surface area contributed by atoms with E-state index in [-0.39, 0.29) is 11.9 Å². The molecule has 2 heterocycles. The van der Waals surface area contributed by atoms with Crippen molar-refractivity contribution in [2.45, 2.75) is 13.0 Å². The minimum atomic E-state index is -0.103. The number of aryl methyl sites for hydroxylation is 1. The highest BCUT2D eigenvalue weighted by atomic mass is 16.5. The second-order valence-corrected chi connectivity index (χ2v) is 6.53. The first-order chi connectivity index (χ1) is 12.5. The molecular weight excluding hydrogens is 328 g/mol. The molecule has 136 valence electrons. The standard InChI is InChI=1S/C20H24N4O2/c1-14-13-24-10-9-16(11-19(24)22-14)20(25)21-12-18(23(2)3)15-5-7-17(26-4)8-6-15/h5-11,13,18H,12H2,1-4H3,(H,21,25). The minimum absolute atomic E-state index is 0.0715. The second-order valence-electron chi connectivity index (χ2n) is 6.53. The summed E-state index contributed by atoms with van der Waals surface area (Å²) in [6.07, 6.45) is 3.79. The molecule has 1 aromatic carbocycles. The van der Waals surface area contributed by atoms with Gasteiger partial charge < -0.3 is 19.4 Å². The van der Waals surface area contributed by atoms with E-state index in [1.54, 1.807) is 13.2 Å². The Labute approximate surface area is 153 Å². The van der Waals surface area contributed by atoms with E-state index in [0.29, 0.717) is 12.1 Å². The lowest BCUT2D eigenvalue weighted by Crippen LogP contribution is -2.34. The van der Waals surface area contributed by atoms with Crippen LogP contribution in [0.2, 0.25) is 0 Å². The molecule has 0 saturated heterocycles. The fourth-order valence-corrected chi connectivity index (χ4v) is 2.97. The number of carbonyl (C=O) groups is 1. The highest BCUT2D eigenvalue weighted by molar-refractivity contribution is 5.95. The third kappa shape index (κ3) is 3.86. The van der Waals surface area contributed by atoms with Gasteiger partial charge in [-0.05, 0) is 50.8 Å². The second kappa shape index (κ2) is 7.58. The van der Waals surface area contributed by atoms with Crippen molar-refractivity contribution >= 4 is 11.6 Å². The van der Waals surface area contributed by atoms with Gasteiger partial charge in [-0.3, -0.25) is 4.79 Å². The minimum Gasteiger partial charge on any atom is -0.497 e. The number of rotatable bonds is 6. The van der Waals surface area contributed by atoms with E-state index < -0.39 is 0 Å². The van der Waals surface area contributed by atoms with E-state index in [0.717, 1.165) is 22.7 Å². The average Bonchev–Trinajstić information content (AvgIpc) is 3.01. The first-order valence-electron chi connectivity index (χ1n) is 8.52. The van der Waals surface area contributed by atoms with Crippen LogP contribution >= 0.6 is 0 Å². The van der Waals surface area contributed by atoms with Crippen LogP contribution in [0.3, 0.4) is 0 Å². The van der Waals surface area contributed by atoms with E-state index >= 15 is 0 Å². The van der Waals surface area contributed by atoms with Crippen molar-refractivity contribution in [3.05, 3.63) is 65.6 Å². The Balaban J connectivity index is 1.71. The summed E-state index contributed by atoms with van der Waals surface area (Å²) in [6, 6.07) is 11.6. The number of carbonyl (C=O) groups excluding carboxylic acids is 1. The van der Waals surface area contributed by atoms with Gasteiger partial charge in [-0.15, -0.1) is 0 Å². The van der Waals surface area contributed by atoms with Crippen LogP contribution in [0, 0.1) is 6.92 Å². The summed E-state index contributed by atoms with van der Waals surface area (Å²) in [6.45, 7) is 2.44. The van der Waals surface area contributed by atoms with Gasteiger partial charge in [-0.25, -0.2) is 4.98 Å². The van der Waals surface area contributed by atoms with Crippen molar-refractivity contribution in [2.75, 3.05) is 27.7 Å². The number of imidazole rings is 1. The van der Waals surface area contributed by atoms with Gasteiger partial charge in [0.15, 0.2) is 0 Å². The van der Waals surface area contributed by atoms with Crippen LogP contribution in [-0.4, -0.2) is 47.9 Å². The van der Waals surface area contributed by atoms with Crippen LogP contribution in [0.4, 0.5) is 0 Å². The Morgan fingerprint density at radius 2 is 2.00 bits per heavy atom. The van der Waals surface area contributed by atoms with Crippen molar-refractivity contribution in [3.63, 3.8) is 0 Å². The van der Waals surface area contributed by atoms with E-state index in [1.807, 2.05) is 68.1 Å². The molecule has 26 heavy (non-hydrogen) atoms. The highest BCUT2D eigenvalue weighted by Crippen LogP contribution is 2.21. The van der Waals surface area contributed by atoms with Gasteiger partial charge >= 0.3 is 0 Å². The van der Waals surface area contributed by atoms with Crippen molar-refractivity contribution in [1.29, 1.82) is 0 Å². The predicted octanol–water partition coefficient (Wildman–Crippen LogP) is 2.68. The summed E-state index contributed by atoms with van der Waals surface area (Å²) in [5.41, 5.74) is 3.43. The number of nitrogens with one attached hydrogen (secondary N) is 1. The third-order valence-corrected chi connectivity index (χ3v) is 4.42. The highest BCUT2D eigenvalue weighted by Gasteiger charge is 2.16. The molecule has 6 nitrogen and oxygen atoms in total. The number of pyridine rings is 1. The van der Waals surface area contributed by atoms with Gasteiger partial charge in [-0.1, -0.05) is 12.1 Å². The summed E-state index contributed by atoms with van der Waals surface area (Å²) in [5, 5.41) is 3.03. The van der Waals surface area contributed by atoms with Crippen molar-refractivity contribution in [1.82, 2.24) is 19.6 Å². The predicted molar refractivity (Wildman–Crippen MR) is 102 cm³/mol. The van der Waals surface area contributed by atoms with E-state index in [9.17, 15) is 4.79 Å². The number of hydrogen-bond donors (Lipinski definition) is 1. The summed E-state index contributed by atoms with van der Waals surface area (Å²) in [4.78, 5) is 19.1. The molecule has 0 aliphatic heterocycles. The number of amides is 1. The molecule has 0 aliphatic carbocycles. The Kier molecular flexibility index (Phi) is 5.23. The van der Waals surface area contributed by atoms with E-state index in [1.165, 1.54) is 0 Å². The Morgan fingerprint density at radius 1 is 1.27 bits per heavy atom. The lowest BCUT2D eigenvalue weighted by atomic mass is 10.1. The molecule has 6 heteroatoms. The molecule has 2 aromatic heterocycles. The number of methoxy groups -OCH3 is 1. The Hall–Kier alpha value is -2.86. The molecular formula is C20H24N4O2. The summed E-state index contributed by atoms with van der Waals surface area (Å²) < 4.78 is 7.12. The van der Waals surface area contributed by atoms with Gasteiger partial charge in [0.1, 0.15) is 11.4 Å². The van der Waals surface area contributed by atoms with E-state index in [2.05, 4.69) is 15.2 Å². The Bertz CT molecular complexity index is 900.